The maximum Gasteiger partial charge on any atom is 0.0867 e. The Morgan fingerprint density at radius 2 is 1.12 bits per heavy atom. The Hall–Kier alpha value is -0.500. The van der Waals surface area contributed by atoms with Gasteiger partial charge in [0.1, 0.15) is 0 Å². The second-order valence-corrected chi connectivity index (χ2v) is 5.65. The van der Waals surface area contributed by atoms with E-state index in [2.05, 4.69) is 55.4 Å². The Kier molecular flexibility index (Phi) is 4.28. The van der Waals surface area contributed by atoms with E-state index in [0.29, 0.717) is 0 Å². The molecule has 2 nitrogen and oxygen atoms in total. The molecule has 80 valence electrons. The maximum absolute atomic E-state index is 4.20. The number of hydrogen-bond acceptors (Lipinski definition) is 2. The Labute approximate surface area is 121 Å². The molecule has 0 heterocycles. The van der Waals surface area contributed by atoms with E-state index < -0.39 is 0 Å². The molecule has 0 saturated carbocycles. The average Bonchev–Trinajstić information content (AvgIpc) is 2.27. The van der Waals surface area contributed by atoms with Crippen molar-refractivity contribution in [2.45, 2.75) is 0 Å². The highest BCUT2D eigenvalue weighted by molar-refractivity contribution is 14.1. The lowest BCUT2D eigenvalue weighted by molar-refractivity contribution is 1.23. The van der Waals surface area contributed by atoms with Gasteiger partial charge in [0.05, 0.1) is 11.4 Å². The standard InChI is InChI=1S/C12H8I2N2/c13-9-3-1-5-11(7-9)15-16-12-6-2-4-10(14)8-12/h1-8H/b16-15+. The van der Waals surface area contributed by atoms with Gasteiger partial charge in [-0.2, -0.15) is 10.2 Å². The monoisotopic (exact) mass is 434 g/mol. The molecule has 0 N–H and O–H groups in total. The second kappa shape index (κ2) is 5.72. The SMILES string of the molecule is Ic1cccc(/N=N/c2cccc(I)c2)c1. The molecule has 16 heavy (non-hydrogen) atoms. The van der Waals surface area contributed by atoms with Gasteiger partial charge < -0.3 is 0 Å². The van der Waals surface area contributed by atoms with Crippen LogP contribution in [0.1, 0.15) is 0 Å². The lowest BCUT2D eigenvalue weighted by atomic mass is 10.3. The van der Waals surface area contributed by atoms with Gasteiger partial charge in [-0.25, -0.2) is 0 Å². The van der Waals surface area contributed by atoms with Crippen molar-refractivity contribution >= 4 is 56.6 Å². The molecule has 0 fully saturated rings. The first-order valence-electron chi connectivity index (χ1n) is 4.67. The topological polar surface area (TPSA) is 24.7 Å². The minimum Gasteiger partial charge on any atom is -0.151 e. The van der Waals surface area contributed by atoms with Crippen LogP contribution in [-0.4, -0.2) is 0 Å². The van der Waals surface area contributed by atoms with E-state index in [9.17, 15) is 0 Å². The van der Waals surface area contributed by atoms with E-state index in [4.69, 9.17) is 0 Å². The largest absolute Gasteiger partial charge is 0.151 e. The molecule has 0 saturated heterocycles. The number of hydrogen-bond donors (Lipinski definition) is 0. The van der Waals surface area contributed by atoms with Crippen LogP contribution in [0.4, 0.5) is 11.4 Å². The summed E-state index contributed by atoms with van der Waals surface area (Å²) in [5, 5.41) is 8.39. The van der Waals surface area contributed by atoms with E-state index in [1.807, 2.05) is 48.5 Å². The van der Waals surface area contributed by atoms with Gasteiger partial charge in [-0.3, -0.25) is 0 Å². The molecule has 0 atom stereocenters. The molecule has 0 bridgehead atoms. The van der Waals surface area contributed by atoms with E-state index >= 15 is 0 Å². The molecular weight excluding hydrogens is 426 g/mol. The summed E-state index contributed by atoms with van der Waals surface area (Å²) in [6, 6.07) is 15.9. The van der Waals surface area contributed by atoms with Crippen molar-refractivity contribution in [1.29, 1.82) is 0 Å². The predicted octanol–water partition coefficient (Wildman–Crippen LogP) is 5.31. The van der Waals surface area contributed by atoms with Gasteiger partial charge in [-0.1, -0.05) is 12.1 Å². The van der Waals surface area contributed by atoms with Gasteiger partial charge >= 0.3 is 0 Å². The second-order valence-electron chi connectivity index (χ2n) is 3.16. The van der Waals surface area contributed by atoms with Crippen LogP contribution in [-0.2, 0) is 0 Å². The van der Waals surface area contributed by atoms with Crippen molar-refractivity contribution < 1.29 is 0 Å². The molecule has 0 aliphatic rings. The van der Waals surface area contributed by atoms with E-state index in [-0.39, 0.29) is 0 Å². The first-order valence-corrected chi connectivity index (χ1v) is 6.83. The Morgan fingerprint density at radius 1 is 0.688 bits per heavy atom. The summed E-state index contributed by atoms with van der Waals surface area (Å²) < 4.78 is 2.33. The fraction of sp³-hybridized carbons (Fsp3) is 0. The summed E-state index contributed by atoms with van der Waals surface area (Å²) in [6.45, 7) is 0. The molecule has 2 rings (SSSR count). The lowest BCUT2D eigenvalue weighted by Crippen LogP contribution is -1.69. The van der Waals surface area contributed by atoms with Crippen molar-refractivity contribution in [2.75, 3.05) is 0 Å². The van der Waals surface area contributed by atoms with Crippen LogP contribution in [0.25, 0.3) is 0 Å². The normalized spacial score (nSPS) is 10.9. The zero-order valence-electron chi connectivity index (χ0n) is 8.27. The molecular formula is C12H8I2N2. The number of azo groups is 1. The first kappa shape index (κ1) is 12.0. The van der Waals surface area contributed by atoms with Crippen LogP contribution in [0.15, 0.2) is 58.8 Å². The molecule has 2 aromatic carbocycles. The zero-order chi connectivity index (χ0) is 11.4. The van der Waals surface area contributed by atoms with Gasteiger partial charge in [0.15, 0.2) is 0 Å². The highest BCUT2D eigenvalue weighted by Crippen LogP contribution is 2.21. The smallest absolute Gasteiger partial charge is 0.0867 e. The van der Waals surface area contributed by atoms with Crippen molar-refractivity contribution in [1.82, 2.24) is 0 Å². The van der Waals surface area contributed by atoms with E-state index in [0.717, 1.165) is 18.5 Å². The molecule has 0 spiro atoms. The molecule has 0 radical (unpaired) electrons. The van der Waals surface area contributed by atoms with Crippen LogP contribution >= 0.6 is 45.2 Å². The quantitative estimate of drug-likeness (QED) is 0.453. The highest BCUT2D eigenvalue weighted by Gasteiger charge is 1.92. The van der Waals surface area contributed by atoms with Gasteiger partial charge in [0.25, 0.3) is 0 Å². The summed E-state index contributed by atoms with van der Waals surface area (Å²) in [7, 11) is 0. The Balaban J connectivity index is 2.21. The van der Waals surface area contributed by atoms with Crippen LogP contribution in [0.3, 0.4) is 0 Å². The molecule has 0 unspecified atom stereocenters. The van der Waals surface area contributed by atoms with Gasteiger partial charge in [-0.15, -0.1) is 0 Å². The first-order chi connectivity index (χ1) is 7.74. The number of halogens is 2. The van der Waals surface area contributed by atoms with Gasteiger partial charge in [0, 0.05) is 7.14 Å². The molecule has 2 aromatic rings. The summed E-state index contributed by atoms with van der Waals surface area (Å²) >= 11 is 4.52. The third-order valence-electron chi connectivity index (χ3n) is 1.90. The lowest BCUT2D eigenvalue weighted by Gasteiger charge is -1.95. The Morgan fingerprint density at radius 3 is 1.50 bits per heavy atom. The maximum atomic E-state index is 4.20. The van der Waals surface area contributed by atoms with Crippen molar-refractivity contribution in [3.8, 4) is 0 Å². The van der Waals surface area contributed by atoms with Gasteiger partial charge in [-0.05, 0) is 81.6 Å². The predicted molar refractivity (Wildman–Crippen MR) is 82.5 cm³/mol. The van der Waals surface area contributed by atoms with Crippen molar-refractivity contribution in [3.63, 3.8) is 0 Å². The third kappa shape index (κ3) is 3.51. The molecule has 4 heteroatoms. The summed E-state index contributed by atoms with van der Waals surface area (Å²) in [4.78, 5) is 0. The number of nitrogens with zero attached hydrogens (tertiary/aromatic N) is 2. The van der Waals surface area contributed by atoms with Crippen LogP contribution < -0.4 is 0 Å². The fourth-order valence-electron chi connectivity index (χ4n) is 1.19. The van der Waals surface area contributed by atoms with E-state index in [1.54, 1.807) is 0 Å². The summed E-state index contributed by atoms with van der Waals surface area (Å²) in [5.41, 5.74) is 1.76. The van der Waals surface area contributed by atoms with Gasteiger partial charge in [0.2, 0.25) is 0 Å². The molecule has 0 aliphatic carbocycles. The fourth-order valence-corrected chi connectivity index (χ4v) is 2.25. The summed E-state index contributed by atoms with van der Waals surface area (Å²) in [6.07, 6.45) is 0. The van der Waals surface area contributed by atoms with Crippen LogP contribution in [0, 0.1) is 7.14 Å². The number of rotatable bonds is 2. The minimum absolute atomic E-state index is 0.880. The molecule has 0 amide bonds. The van der Waals surface area contributed by atoms with Crippen molar-refractivity contribution in [3.05, 3.63) is 55.7 Å². The summed E-state index contributed by atoms with van der Waals surface area (Å²) in [5.74, 6) is 0. The minimum atomic E-state index is 0.880. The molecule has 0 aromatic heterocycles. The third-order valence-corrected chi connectivity index (χ3v) is 3.24. The van der Waals surface area contributed by atoms with Crippen molar-refractivity contribution in [2.24, 2.45) is 10.2 Å². The van der Waals surface area contributed by atoms with Crippen LogP contribution in [0.5, 0.6) is 0 Å². The Bertz CT molecular complexity index is 476. The zero-order valence-corrected chi connectivity index (χ0v) is 12.6. The highest BCUT2D eigenvalue weighted by atomic mass is 127. The average molecular weight is 434 g/mol. The molecule has 0 aliphatic heterocycles. The number of benzene rings is 2. The van der Waals surface area contributed by atoms with Crippen LogP contribution in [0.2, 0.25) is 0 Å². The van der Waals surface area contributed by atoms with E-state index in [1.165, 1.54) is 0 Å².